The van der Waals surface area contributed by atoms with Gasteiger partial charge in [0.15, 0.2) is 0 Å². The van der Waals surface area contributed by atoms with Crippen LogP contribution in [0.15, 0.2) is 41.8 Å². The maximum atomic E-state index is 12.3. The summed E-state index contributed by atoms with van der Waals surface area (Å²) in [5.41, 5.74) is 6.36. The summed E-state index contributed by atoms with van der Waals surface area (Å²) >= 11 is 0. The third-order valence-electron chi connectivity index (χ3n) is 2.64. The fourth-order valence-corrected chi connectivity index (χ4v) is 1.75. The summed E-state index contributed by atoms with van der Waals surface area (Å²) in [6, 6.07) is 7.30. The molecule has 0 unspecified atom stereocenters. The first kappa shape index (κ1) is 16.6. The number of para-hydroxylation sites is 2. The predicted octanol–water partition coefficient (Wildman–Crippen LogP) is 2.26. The third kappa shape index (κ3) is 4.83. The van der Waals surface area contributed by atoms with Crippen molar-refractivity contribution in [3.05, 3.63) is 36.6 Å². The molecule has 2 N–H and O–H groups in total. The Hall–Kier alpha value is -2.50. The number of benzene rings is 1. The van der Waals surface area contributed by atoms with E-state index in [0.29, 0.717) is 23.7 Å². The molecule has 1 amide bonds. The minimum absolute atomic E-state index is 0.0425. The van der Waals surface area contributed by atoms with Gasteiger partial charge in [-0.15, -0.1) is 0 Å². The number of amidine groups is 1. The highest BCUT2D eigenvalue weighted by Crippen LogP contribution is 2.27. The van der Waals surface area contributed by atoms with E-state index in [-0.39, 0.29) is 18.2 Å². The van der Waals surface area contributed by atoms with Crippen molar-refractivity contribution >= 4 is 17.4 Å². The number of anilines is 1. The molecule has 0 radical (unpaired) electrons. The molecule has 1 aromatic carbocycles. The second kappa shape index (κ2) is 7.94. The molecule has 0 aliphatic carbocycles. The van der Waals surface area contributed by atoms with Crippen LogP contribution < -0.4 is 15.4 Å². The molecule has 21 heavy (non-hydrogen) atoms. The Morgan fingerprint density at radius 3 is 2.67 bits per heavy atom. The molecular formula is C15H21N3O3. The smallest absolute Gasteiger partial charge is 0.234 e. The van der Waals surface area contributed by atoms with Crippen LogP contribution in [0.1, 0.15) is 20.3 Å². The summed E-state index contributed by atoms with van der Waals surface area (Å²) in [7, 11) is 1.56. The van der Waals surface area contributed by atoms with E-state index in [9.17, 15) is 4.79 Å². The van der Waals surface area contributed by atoms with Crippen molar-refractivity contribution in [2.45, 2.75) is 20.3 Å². The van der Waals surface area contributed by atoms with E-state index in [1.807, 2.05) is 25.1 Å². The number of carbonyl (C=O) groups excluding carboxylic acids is 1. The number of rotatable bonds is 7. The van der Waals surface area contributed by atoms with Gasteiger partial charge in [-0.2, -0.15) is 0 Å². The molecule has 0 aliphatic heterocycles. The van der Waals surface area contributed by atoms with Crippen molar-refractivity contribution in [3.63, 3.8) is 0 Å². The Bertz CT molecular complexity index is 541. The summed E-state index contributed by atoms with van der Waals surface area (Å²) in [5.74, 6) is 0.939. The van der Waals surface area contributed by atoms with Crippen LogP contribution in [0.5, 0.6) is 5.75 Å². The molecule has 0 heterocycles. The van der Waals surface area contributed by atoms with E-state index in [1.165, 1.54) is 0 Å². The molecule has 6 heteroatoms. The molecule has 0 spiro atoms. The topological polar surface area (TPSA) is 77.2 Å². The van der Waals surface area contributed by atoms with Gasteiger partial charge in [0.25, 0.3) is 0 Å². The standard InChI is InChI=1S/C15H21N3O3/c1-5-18(12-8-6-7-9-13(12)20-4)15(19)10-14(16)17-21-11(2)3/h6-9H,2,5,10H2,1,3-4H3,(H2,16,17). The van der Waals surface area contributed by atoms with Crippen molar-refractivity contribution in [1.29, 1.82) is 0 Å². The number of methoxy groups -OCH3 is 1. The summed E-state index contributed by atoms with van der Waals surface area (Å²) in [6.07, 6.45) is -0.0425. The molecule has 0 saturated carbocycles. The monoisotopic (exact) mass is 291 g/mol. The van der Waals surface area contributed by atoms with Crippen LogP contribution in [0.25, 0.3) is 0 Å². The normalized spacial score (nSPS) is 10.9. The zero-order valence-electron chi connectivity index (χ0n) is 12.6. The van der Waals surface area contributed by atoms with E-state index in [2.05, 4.69) is 11.7 Å². The quantitative estimate of drug-likeness (QED) is 0.362. The number of hydrogen-bond donors (Lipinski definition) is 1. The number of allylic oxidation sites excluding steroid dienone is 1. The fourth-order valence-electron chi connectivity index (χ4n) is 1.75. The first-order valence-corrected chi connectivity index (χ1v) is 6.57. The first-order valence-electron chi connectivity index (χ1n) is 6.57. The van der Waals surface area contributed by atoms with Crippen LogP contribution >= 0.6 is 0 Å². The van der Waals surface area contributed by atoms with Gasteiger partial charge in [0, 0.05) is 6.54 Å². The average molecular weight is 291 g/mol. The number of hydrogen-bond acceptors (Lipinski definition) is 4. The second-order valence-corrected chi connectivity index (χ2v) is 4.36. The summed E-state index contributed by atoms with van der Waals surface area (Å²) in [4.78, 5) is 18.8. The van der Waals surface area contributed by atoms with E-state index in [0.717, 1.165) is 0 Å². The second-order valence-electron chi connectivity index (χ2n) is 4.36. The fraction of sp³-hybridized carbons (Fsp3) is 0.333. The van der Waals surface area contributed by atoms with Crippen LogP contribution in [0.2, 0.25) is 0 Å². The van der Waals surface area contributed by atoms with Crippen LogP contribution in [-0.4, -0.2) is 25.4 Å². The molecule has 0 saturated heterocycles. The summed E-state index contributed by atoms with van der Waals surface area (Å²) in [5, 5.41) is 3.63. The van der Waals surface area contributed by atoms with Gasteiger partial charge in [0.05, 0.1) is 19.2 Å². The van der Waals surface area contributed by atoms with Crippen LogP contribution in [0.4, 0.5) is 5.69 Å². The SMILES string of the molecule is C=C(C)O/N=C(\N)CC(=O)N(CC)c1ccccc1OC. The zero-order valence-corrected chi connectivity index (χ0v) is 12.6. The highest BCUT2D eigenvalue weighted by Gasteiger charge is 2.18. The highest BCUT2D eigenvalue weighted by molar-refractivity contribution is 6.06. The zero-order chi connectivity index (χ0) is 15.8. The number of nitrogens with two attached hydrogens (primary N) is 1. The van der Waals surface area contributed by atoms with E-state index in [1.54, 1.807) is 25.0 Å². The van der Waals surface area contributed by atoms with Gasteiger partial charge in [-0.25, -0.2) is 0 Å². The van der Waals surface area contributed by atoms with Crippen molar-refractivity contribution in [2.24, 2.45) is 10.9 Å². The highest BCUT2D eigenvalue weighted by atomic mass is 16.6. The molecule has 0 bridgehead atoms. The molecule has 0 fully saturated rings. The van der Waals surface area contributed by atoms with Gasteiger partial charge < -0.3 is 20.2 Å². The van der Waals surface area contributed by atoms with E-state index in [4.69, 9.17) is 15.3 Å². The minimum atomic E-state index is -0.187. The van der Waals surface area contributed by atoms with Gasteiger partial charge in [0.1, 0.15) is 17.3 Å². The van der Waals surface area contributed by atoms with Crippen molar-refractivity contribution in [3.8, 4) is 5.75 Å². The Balaban J connectivity index is 2.87. The molecule has 1 rings (SSSR count). The van der Waals surface area contributed by atoms with Crippen LogP contribution in [0.3, 0.4) is 0 Å². The largest absolute Gasteiger partial charge is 0.495 e. The Morgan fingerprint density at radius 1 is 1.43 bits per heavy atom. The minimum Gasteiger partial charge on any atom is -0.495 e. The number of oxime groups is 1. The Kier molecular flexibility index (Phi) is 6.26. The number of carbonyl (C=O) groups is 1. The van der Waals surface area contributed by atoms with Gasteiger partial charge >= 0.3 is 0 Å². The van der Waals surface area contributed by atoms with Crippen LogP contribution in [-0.2, 0) is 9.63 Å². The number of nitrogens with zero attached hydrogens (tertiary/aromatic N) is 2. The predicted molar refractivity (Wildman–Crippen MR) is 83.2 cm³/mol. The number of ether oxygens (including phenoxy) is 1. The Morgan fingerprint density at radius 2 is 2.10 bits per heavy atom. The van der Waals surface area contributed by atoms with Crippen molar-refractivity contribution in [1.82, 2.24) is 0 Å². The van der Waals surface area contributed by atoms with Gasteiger partial charge in [-0.3, -0.25) is 4.79 Å². The first-order chi connectivity index (χ1) is 9.99. The Labute approximate surface area is 124 Å². The lowest BCUT2D eigenvalue weighted by Crippen LogP contribution is -2.34. The lowest BCUT2D eigenvalue weighted by atomic mass is 10.2. The molecule has 0 aromatic heterocycles. The molecular weight excluding hydrogens is 270 g/mol. The maximum Gasteiger partial charge on any atom is 0.234 e. The lowest BCUT2D eigenvalue weighted by Gasteiger charge is -2.22. The molecule has 0 aliphatic rings. The average Bonchev–Trinajstić information content (AvgIpc) is 2.46. The van der Waals surface area contributed by atoms with Gasteiger partial charge in [-0.1, -0.05) is 23.9 Å². The van der Waals surface area contributed by atoms with Crippen molar-refractivity contribution in [2.75, 3.05) is 18.6 Å². The van der Waals surface area contributed by atoms with Gasteiger partial charge in [-0.05, 0) is 26.0 Å². The van der Waals surface area contributed by atoms with Gasteiger partial charge in [0.2, 0.25) is 5.91 Å². The molecule has 0 atom stereocenters. The van der Waals surface area contributed by atoms with Crippen LogP contribution in [0, 0.1) is 0 Å². The molecule has 114 valence electrons. The summed E-state index contributed by atoms with van der Waals surface area (Å²) in [6.45, 7) is 7.55. The van der Waals surface area contributed by atoms with E-state index < -0.39 is 0 Å². The molecule has 1 aromatic rings. The van der Waals surface area contributed by atoms with Crippen molar-refractivity contribution < 1.29 is 14.4 Å². The maximum absolute atomic E-state index is 12.3. The number of amides is 1. The lowest BCUT2D eigenvalue weighted by molar-refractivity contribution is -0.117. The summed E-state index contributed by atoms with van der Waals surface area (Å²) < 4.78 is 5.27. The van der Waals surface area contributed by atoms with E-state index >= 15 is 0 Å². The third-order valence-corrected chi connectivity index (χ3v) is 2.64. The molecule has 6 nitrogen and oxygen atoms in total.